The van der Waals surface area contributed by atoms with Crippen LogP contribution < -0.4 is 9.99 Å². The van der Waals surface area contributed by atoms with E-state index in [0.29, 0.717) is 11.9 Å². The minimum atomic E-state index is -0.241. The van der Waals surface area contributed by atoms with Crippen LogP contribution in [0.25, 0.3) is 9.65 Å². The number of benzene rings is 1. The van der Waals surface area contributed by atoms with Gasteiger partial charge in [0.1, 0.15) is 0 Å². The Morgan fingerprint density at radius 1 is 1.11 bits per heavy atom. The van der Waals surface area contributed by atoms with Crippen LogP contribution >= 0.6 is 0 Å². The first-order valence-corrected chi connectivity index (χ1v) is 8.08. The summed E-state index contributed by atoms with van der Waals surface area (Å²) in [5.41, 5.74) is -0.111. The van der Waals surface area contributed by atoms with Crippen LogP contribution in [0, 0.1) is 0 Å². The predicted octanol–water partition coefficient (Wildman–Crippen LogP) is 2.00. The molecule has 0 N–H and O–H groups in total. The SMILES string of the molecule is CCCCCCn1c(=O)[se]c2ccccc2c1=O. The quantitative estimate of drug-likeness (QED) is 0.626. The van der Waals surface area contributed by atoms with Crippen LogP contribution in [0.3, 0.4) is 0 Å². The number of hydrogen-bond acceptors (Lipinski definition) is 2. The summed E-state index contributed by atoms with van der Waals surface area (Å²) >= 11 is -0.241. The molecular formula is C14H17NO2Se. The number of rotatable bonds is 5. The van der Waals surface area contributed by atoms with E-state index in [1.807, 2.05) is 24.3 Å². The van der Waals surface area contributed by atoms with E-state index < -0.39 is 0 Å². The third-order valence-corrected chi connectivity index (χ3v) is 5.05. The van der Waals surface area contributed by atoms with Crippen molar-refractivity contribution < 1.29 is 0 Å². The molecule has 2 rings (SSSR count). The predicted molar refractivity (Wildman–Crippen MR) is 75.6 cm³/mol. The summed E-state index contributed by atoms with van der Waals surface area (Å²) in [6, 6.07) is 7.46. The Labute approximate surface area is 112 Å². The second kappa shape index (κ2) is 6.17. The first-order chi connectivity index (χ1) is 8.74. The molecule has 0 unspecified atom stereocenters. The van der Waals surface area contributed by atoms with Crippen LogP contribution in [0.15, 0.2) is 33.9 Å². The van der Waals surface area contributed by atoms with Gasteiger partial charge in [0.05, 0.1) is 0 Å². The summed E-state index contributed by atoms with van der Waals surface area (Å²) in [5.74, 6) is 0. The van der Waals surface area contributed by atoms with Gasteiger partial charge >= 0.3 is 112 Å². The third-order valence-electron chi connectivity index (χ3n) is 3.02. The van der Waals surface area contributed by atoms with Gasteiger partial charge in [0.15, 0.2) is 0 Å². The zero-order chi connectivity index (χ0) is 13.0. The van der Waals surface area contributed by atoms with E-state index in [0.717, 1.165) is 29.9 Å². The molecule has 0 saturated heterocycles. The molecule has 1 aromatic carbocycles. The molecule has 0 aliphatic heterocycles. The zero-order valence-electron chi connectivity index (χ0n) is 10.5. The van der Waals surface area contributed by atoms with Crippen molar-refractivity contribution in [2.75, 3.05) is 0 Å². The first-order valence-electron chi connectivity index (χ1n) is 6.36. The molecule has 1 heterocycles. The van der Waals surface area contributed by atoms with Crippen molar-refractivity contribution in [3.05, 3.63) is 43.8 Å². The van der Waals surface area contributed by atoms with Gasteiger partial charge in [-0.1, -0.05) is 0 Å². The van der Waals surface area contributed by atoms with Crippen LogP contribution in [0.4, 0.5) is 0 Å². The van der Waals surface area contributed by atoms with E-state index in [9.17, 15) is 9.59 Å². The summed E-state index contributed by atoms with van der Waals surface area (Å²) < 4.78 is 2.37. The van der Waals surface area contributed by atoms with Crippen LogP contribution in [-0.2, 0) is 6.54 Å². The molecular weight excluding hydrogens is 293 g/mol. The fourth-order valence-corrected chi connectivity index (χ4v) is 3.85. The summed E-state index contributed by atoms with van der Waals surface area (Å²) in [4.78, 5) is 24.2. The second-order valence-corrected chi connectivity index (χ2v) is 6.47. The Balaban J connectivity index is 2.33. The van der Waals surface area contributed by atoms with Crippen molar-refractivity contribution in [2.24, 2.45) is 0 Å². The number of nitrogens with zero attached hydrogens (tertiary/aromatic N) is 1. The number of aromatic nitrogens is 1. The minimum absolute atomic E-state index is 0.00250. The topological polar surface area (TPSA) is 39.1 Å². The first kappa shape index (κ1) is 13.3. The van der Waals surface area contributed by atoms with E-state index in [-0.39, 0.29) is 24.5 Å². The molecule has 96 valence electrons. The van der Waals surface area contributed by atoms with Crippen LogP contribution in [-0.4, -0.2) is 19.1 Å². The van der Waals surface area contributed by atoms with Gasteiger partial charge in [0.2, 0.25) is 0 Å². The Kier molecular flexibility index (Phi) is 4.56. The summed E-state index contributed by atoms with van der Waals surface area (Å²) in [6.07, 6.45) is 4.33. The molecule has 0 aliphatic rings. The van der Waals surface area contributed by atoms with E-state index in [1.165, 1.54) is 4.57 Å². The second-order valence-electron chi connectivity index (χ2n) is 4.38. The van der Waals surface area contributed by atoms with Crippen molar-refractivity contribution in [2.45, 2.75) is 39.2 Å². The molecule has 0 spiro atoms. The standard InChI is InChI=1S/C14H17NO2Se/c1-2-3-4-7-10-15-13(16)11-8-5-6-9-12(11)18-14(15)17/h5-6,8-9H,2-4,7,10H2,1H3. The fourth-order valence-electron chi connectivity index (χ4n) is 2.00. The van der Waals surface area contributed by atoms with Gasteiger partial charge in [-0.25, -0.2) is 0 Å². The zero-order valence-corrected chi connectivity index (χ0v) is 12.2. The van der Waals surface area contributed by atoms with E-state index in [2.05, 4.69) is 6.92 Å². The van der Waals surface area contributed by atoms with E-state index >= 15 is 0 Å². The molecule has 18 heavy (non-hydrogen) atoms. The summed E-state index contributed by atoms with van der Waals surface area (Å²) in [7, 11) is 0. The average molecular weight is 310 g/mol. The average Bonchev–Trinajstić information content (AvgIpc) is 2.38. The summed E-state index contributed by atoms with van der Waals surface area (Å²) in [5, 5.41) is 0.715. The Morgan fingerprint density at radius 3 is 2.67 bits per heavy atom. The molecule has 2 aromatic rings. The number of fused-ring (bicyclic) bond motifs is 1. The Hall–Kier alpha value is -1.12. The molecule has 0 saturated carbocycles. The molecule has 4 heteroatoms. The molecule has 0 fully saturated rings. The van der Waals surface area contributed by atoms with Gasteiger partial charge < -0.3 is 0 Å². The summed E-state index contributed by atoms with van der Waals surface area (Å²) in [6.45, 7) is 2.73. The van der Waals surface area contributed by atoms with Crippen molar-refractivity contribution >= 4 is 24.1 Å². The van der Waals surface area contributed by atoms with E-state index in [4.69, 9.17) is 0 Å². The molecule has 3 nitrogen and oxygen atoms in total. The van der Waals surface area contributed by atoms with Gasteiger partial charge in [-0.15, -0.1) is 0 Å². The monoisotopic (exact) mass is 311 g/mol. The third kappa shape index (κ3) is 2.82. The van der Waals surface area contributed by atoms with Gasteiger partial charge in [-0.3, -0.25) is 0 Å². The Morgan fingerprint density at radius 2 is 1.89 bits per heavy atom. The van der Waals surface area contributed by atoms with Crippen LogP contribution in [0.5, 0.6) is 0 Å². The van der Waals surface area contributed by atoms with E-state index in [1.54, 1.807) is 0 Å². The van der Waals surface area contributed by atoms with Crippen molar-refractivity contribution in [1.29, 1.82) is 0 Å². The van der Waals surface area contributed by atoms with Gasteiger partial charge in [-0.05, 0) is 0 Å². The van der Waals surface area contributed by atoms with Crippen molar-refractivity contribution in [3.63, 3.8) is 0 Å². The van der Waals surface area contributed by atoms with Crippen molar-refractivity contribution in [3.8, 4) is 0 Å². The van der Waals surface area contributed by atoms with Crippen LogP contribution in [0.1, 0.15) is 32.6 Å². The van der Waals surface area contributed by atoms with Crippen molar-refractivity contribution in [1.82, 2.24) is 4.57 Å². The molecule has 0 aliphatic carbocycles. The maximum atomic E-state index is 12.2. The molecule has 0 atom stereocenters. The number of hydrogen-bond donors (Lipinski definition) is 0. The molecule has 0 bridgehead atoms. The maximum absolute atomic E-state index is 12.2. The number of unbranched alkanes of at least 4 members (excludes halogenated alkanes) is 3. The normalized spacial score (nSPS) is 10.9. The molecule has 0 amide bonds. The Bertz CT molecular complexity index is 642. The molecule has 1 aromatic heterocycles. The van der Waals surface area contributed by atoms with Gasteiger partial charge in [-0.2, -0.15) is 0 Å². The van der Waals surface area contributed by atoms with Gasteiger partial charge in [0, 0.05) is 0 Å². The van der Waals surface area contributed by atoms with Crippen LogP contribution in [0.2, 0.25) is 0 Å². The fraction of sp³-hybridized carbons (Fsp3) is 0.429. The van der Waals surface area contributed by atoms with Gasteiger partial charge in [0.25, 0.3) is 0 Å². The molecule has 0 radical (unpaired) electrons.